The van der Waals surface area contributed by atoms with Crippen LogP contribution >= 0.6 is 0 Å². The second-order valence-electron chi connectivity index (χ2n) is 7.67. The van der Waals surface area contributed by atoms with Crippen LogP contribution in [0, 0.1) is 5.41 Å². The van der Waals surface area contributed by atoms with E-state index in [-0.39, 0.29) is 17.2 Å². The molecular formula is C17H32GeN2O2. The van der Waals surface area contributed by atoms with Gasteiger partial charge in [-0.15, -0.1) is 0 Å². The summed E-state index contributed by atoms with van der Waals surface area (Å²) in [5.41, 5.74) is -0.311. The van der Waals surface area contributed by atoms with Crippen molar-refractivity contribution in [3.05, 3.63) is 0 Å². The maximum absolute atomic E-state index is 12.9. The van der Waals surface area contributed by atoms with E-state index in [1.807, 2.05) is 14.1 Å². The minimum absolute atomic E-state index is 0.0803. The van der Waals surface area contributed by atoms with Crippen molar-refractivity contribution in [2.24, 2.45) is 5.41 Å². The molecule has 0 aromatic carbocycles. The van der Waals surface area contributed by atoms with Crippen LogP contribution in [0.2, 0.25) is 21.0 Å². The molecule has 126 valence electrons. The molecule has 5 heteroatoms. The molecule has 0 aromatic heterocycles. The van der Waals surface area contributed by atoms with Gasteiger partial charge in [-0.25, -0.2) is 0 Å². The summed E-state index contributed by atoms with van der Waals surface area (Å²) in [6, 6.07) is 0. The van der Waals surface area contributed by atoms with Crippen molar-refractivity contribution in [3.63, 3.8) is 0 Å². The van der Waals surface area contributed by atoms with E-state index in [4.69, 9.17) is 0 Å². The molecule has 2 aliphatic rings. The molecule has 0 aliphatic carbocycles. The van der Waals surface area contributed by atoms with Crippen molar-refractivity contribution in [1.29, 1.82) is 0 Å². The third-order valence-corrected chi connectivity index (χ3v) is 18.0. The quantitative estimate of drug-likeness (QED) is 0.534. The fourth-order valence-electron chi connectivity index (χ4n) is 4.24. The number of carbonyl (C=O) groups excluding carboxylic acids is 2. The predicted molar refractivity (Wildman–Crippen MR) is 92.5 cm³/mol. The standard InChI is InChI=1S/C17H32GeN2O2/c1-5-18(6-2)10-8-17(9-11-18)14-15(21)20(16(17)22)13-7-12-19(3)4/h5-14H2,1-4H3. The Kier molecular flexibility index (Phi) is 5.75. The number of carbonyl (C=O) groups is 2. The number of rotatable bonds is 6. The average molecular weight is 369 g/mol. The Hall–Kier alpha value is -0.357. The van der Waals surface area contributed by atoms with Crippen LogP contribution in [-0.2, 0) is 9.59 Å². The predicted octanol–water partition coefficient (Wildman–Crippen LogP) is 2.97. The number of hydrogen-bond donors (Lipinski definition) is 0. The van der Waals surface area contributed by atoms with Crippen LogP contribution in [0.3, 0.4) is 0 Å². The van der Waals surface area contributed by atoms with Crippen molar-refractivity contribution in [1.82, 2.24) is 9.80 Å². The van der Waals surface area contributed by atoms with Gasteiger partial charge >= 0.3 is 138 Å². The number of likely N-dealkylation sites (tertiary alicyclic amines) is 1. The van der Waals surface area contributed by atoms with Crippen LogP contribution in [0.5, 0.6) is 0 Å². The fourth-order valence-corrected chi connectivity index (χ4v) is 13.0. The van der Waals surface area contributed by atoms with E-state index in [0.717, 1.165) is 25.8 Å². The number of amides is 2. The summed E-state index contributed by atoms with van der Waals surface area (Å²) < 4.78 is 0. The molecular weight excluding hydrogens is 337 g/mol. The minimum atomic E-state index is -1.66. The van der Waals surface area contributed by atoms with Gasteiger partial charge in [0.2, 0.25) is 0 Å². The molecule has 22 heavy (non-hydrogen) atoms. The molecule has 0 saturated carbocycles. The van der Waals surface area contributed by atoms with Crippen molar-refractivity contribution in [2.45, 2.75) is 60.5 Å². The molecule has 0 atom stereocenters. The Morgan fingerprint density at radius 2 is 1.73 bits per heavy atom. The average Bonchev–Trinajstić information content (AvgIpc) is 2.73. The molecule has 0 bridgehead atoms. The molecule has 2 heterocycles. The zero-order valence-electron chi connectivity index (χ0n) is 14.8. The normalized spacial score (nSPS) is 23.8. The molecule has 2 aliphatic heterocycles. The van der Waals surface area contributed by atoms with Gasteiger partial charge in [-0.2, -0.15) is 0 Å². The summed E-state index contributed by atoms with van der Waals surface area (Å²) in [6.07, 6.45) is 3.35. The van der Waals surface area contributed by atoms with Crippen molar-refractivity contribution in [2.75, 3.05) is 27.2 Å². The van der Waals surface area contributed by atoms with Gasteiger partial charge in [0.15, 0.2) is 0 Å². The van der Waals surface area contributed by atoms with E-state index >= 15 is 0 Å². The first-order valence-electron chi connectivity index (χ1n) is 8.87. The van der Waals surface area contributed by atoms with E-state index in [9.17, 15) is 9.59 Å². The van der Waals surface area contributed by atoms with E-state index in [0.29, 0.717) is 13.0 Å². The molecule has 2 saturated heterocycles. The van der Waals surface area contributed by atoms with Gasteiger partial charge < -0.3 is 0 Å². The molecule has 0 aromatic rings. The van der Waals surface area contributed by atoms with Gasteiger partial charge in [-0.1, -0.05) is 0 Å². The summed E-state index contributed by atoms with van der Waals surface area (Å²) >= 11 is -1.66. The zero-order valence-corrected chi connectivity index (χ0v) is 16.9. The Morgan fingerprint density at radius 3 is 2.23 bits per heavy atom. The van der Waals surface area contributed by atoms with Crippen molar-refractivity contribution in [3.8, 4) is 0 Å². The van der Waals surface area contributed by atoms with Crippen LogP contribution in [0.15, 0.2) is 0 Å². The van der Waals surface area contributed by atoms with E-state index < -0.39 is 13.3 Å². The zero-order chi connectivity index (χ0) is 16.4. The molecule has 2 amide bonds. The Labute approximate surface area is 138 Å². The van der Waals surface area contributed by atoms with Crippen molar-refractivity contribution >= 4 is 25.1 Å². The SMILES string of the molecule is C[CH2][Ge]1([CH2]C)[CH2]CC2(C[CH2]1)CC(=O)N(CCCN(C)C)C2=O. The molecule has 2 rings (SSSR count). The Morgan fingerprint density at radius 1 is 1.14 bits per heavy atom. The van der Waals surface area contributed by atoms with Crippen LogP contribution < -0.4 is 0 Å². The molecule has 0 N–H and O–H groups in total. The van der Waals surface area contributed by atoms with Gasteiger partial charge in [0.05, 0.1) is 0 Å². The van der Waals surface area contributed by atoms with E-state index in [1.165, 1.54) is 21.0 Å². The maximum atomic E-state index is 12.9. The van der Waals surface area contributed by atoms with Crippen LogP contribution in [0.4, 0.5) is 0 Å². The van der Waals surface area contributed by atoms with Gasteiger partial charge in [-0.3, -0.25) is 0 Å². The fraction of sp³-hybridized carbons (Fsp3) is 0.882. The van der Waals surface area contributed by atoms with E-state index in [1.54, 1.807) is 4.90 Å². The third kappa shape index (κ3) is 3.43. The summed E-state index contributed by atoms with van der Waals surface area (Å²) in [5, 5.41) is 5.33. The van der Waals surface area contributed by atoms with Crippen LogP contribution in [0.25, 0.3) is 0 Å². The second-order valence-corrected chi connectivity index (χ2v) is 19.0. The molecule has 2 fully saturated rings. The van der Waals surface area contributed by atoms with Gasteiger partial charge in [0.25, 0.3) is 0 Å². The molecule has 1 spiro atoms. The summed E-state index contributed by atoms with van der Waals surface area (Å²) in [4.78, 5) is 28.9. The summed E-state index contributed by atoms with van der Waals surface area (Å²) in [7, 11) is 4.05. The van der Waals surface area contributed by atoms with E-state index in [2.05, 4.69) is 18.7 Å². The van der Waals surface area contributed by atoms with Gasteiger partial charge in [0, 0.05) is 0 Å². The summed E-state index contributed by atoms with van der Waals surface area (Å²) in [6.45, 7) is 6.22. The Balaban J connectivity index is 1.99. The number of hydrogen-bond acceptors (Lipinski definition) is 3. The Bertz CT molecular complexity index is 422. The third-order valence-electron chi connectivity index (χ3n) is 6.24. The first-order valence-corrected chi connectivity index (χ1v) is 14.8. The van der Waals surface area contributed by atoms with Crippen molar-refractivity contribution < 1.29 is 9.59 Å². The molecule has 4 nitrogen and oxygen atoms in total. The first kappa shape index (κ1) is 18.0. The number of nitrogens with zero attached hydrogens (tertiary/aromatic N) is 2. The topological polar surface area (TPSA) is 40.6 Å². The molecule has 0 unspecified atom stereocenters. The van der Waals surface area contributed by atoms with Crippen LogP contribution in [-0.4, -0.2) is 62.1 Å². The summed E-state index contributed by atoms with van der Waals surface area (Å²) in [5.74, 6) is 0.233. The van der Waals surface area contributed by atoms with Gasteiger partial charge in [-0.05, 0) is 0 Å². The number of imide groups is 1. The monoisotopic (exact) mass is 370 g/mol. The van der Waals surface area contributed by atoms with Crippen LogP contribution in [0.1, 0.15) is 39.5 Å². The van der Waals surface area contributed by atoms with Gasteiger partial charge in [0.1, 0.15) is 0 Å². The molecule has 0 radical (unpaired) electrons. The first-order chi connectivity index (χ1) is 10.4. The second kappa shape index (κ2) is 7.04.